The number of hydrogen-bond donors (Lipinski definition) is 1. The van der Waals surface area contributed by atoms with Gasteiger partial charge in [-0.1, -0.05) is 18.6 Å². The van der Waals surface area contributed by atoms with Gasteiger partial charge in [0.25, 0.3) is 0 Å². The predicted octanol–water partition coefficient (Wildman–Crippen LogP) is 2.89. The Balaban J connectivity index is 2.04. The smallest absolute Gasteiger partial charge is 0.0612 e. The van der Waals surface area contributed by atoms with Crippen molar-refractivity contribution < 1.29 is 4.74 Å². The van der Waals surface area contributed by atoms with E-state index in [0.29, 0.717) is 6.10 Å². The molecule has 1 rings (SSSR count). The van der Waals surface area contributed by atoms with Crippen LogP contribution in [0.4, 0.5) is 0 Å². The Morgan fingerprint density at radius 1 is 1.47 bits per heavy atom. The summed E-state index contributed by atoms with van der Waals surface area (Å²) in [6.45, 7) is 7.64. The van der Waals surface area contributed by atoms with Crippen molar-refractivity contribution in [2.24, 2.45) is 0 Å². The van der Waals surface area contributed by atoms with Gasteiger partial charge in [-0.3, -0.25) is 0 Å². The minimum atomic E-state index is 0.504. The molecule has 0 amide bonds. The molecule has 0 saturated carbocycles. The number of rotatable bonds is 7. The summed E-state index contributed by atoms with van der Waals surface area (Å²) < 4.78 is 5.61. The minimum absolute atomic E-state index is 0.504. The van der Waals surface area contributed by atoms with E-state index in [1.807, 2.05) is 0 Å². The molecule has 1 N–H and O–H groups in total. The Labute approximate surface area is 94.1 Å². The fourth-order valence-corrected chi connectivity index (χ4v) is 1.97. The van der Waals surface area contributed by atoms with Gasteiger partial charge in [-0.25, -0.2) is 0 Å². The second-order valence-electron chi connectivity index (χ2n) is 4.43. The molecular formula is C13H25NO. The van der Waals surface area contributed by atoms with Gasteiger partial charge in [0.2, 0.25) is 0 Å². The topological polar surface area (TPSA) is 21.3 Å². The van der Waals surface area contributed by atoms with E-state index in [0.717, 1.165) is 32.5 Å². The van der Waals surface area contributed by atoms with Crippen molar-refractivity contribution in [1.29, 1.82) is 0 Å². The van der Waals surface area contributed by atoms with Crippen molar-refractivity contribution in [3.8, 4) is 0 Å². The predicted molar refractivity (Wildman–Crippen MR) is 65.1 cm³/mol. The molecule has 1 fully saturated rings. The monoisotopic (exact) mass is 211 g/mol. The molecule has 0 bridgehead atoms. The van der Waals surface area contributed by atoms with Gasteiger partial charge in [0.05, 0.1) is 6.10 Å². The number of hydrogen-bond acceptors (Lipinski definition) is 2. The van der Waals surface area contributed by atoms with Crippen LogP contribution in [0.25, 0.3) is 0 Å². The zero-order valence-electron chi connectivity index (χ0n) is 10.2. The molecule has 2 heteroatoms. The molecule has 0 radical (unpaired) electrons. The normalized spacial score (nSPS) is 22.3. The third-order valence-electron chi connectivity index (χ3n) is 2.81. The minimum Gasteiger partial charge on any atom is -0.378 e. The lowest BCUT2D eigenvalue weighted by molar-refractivity contribution is 0.111. The van der Waals surface area contributed by atoms with E-state index in [1.165, 1.54) is 24.8 Å². The van der Waals surface area contributed by atoms with Gasteiger partial charge in [0, 0.05) is 6.61 Å². The third kappa shape index (κ3) is 5.95. The Morgan fingerprint density at radius 2 is 2.33 bits per heavy atom. The van der Waals surface area contributed by atoms with Gasteiger partial charge in [-0.15, -0.1) is 0 Å². The van der Waals surface area contributed by atoms with Crippen molar-refractivity contribution in [2.45, 2.75) is 52.1 Å². The highest BCUT2D eigenvalue weighted by molar-refractivity contribution is 5.00. The van der Waals surface area contributed by atoms with Crippen molar-refractivity contribution in [2.75, 3.05) is 19.7 Å². The molecule has 1 atom stereocenters. The summed E-state index contributed by atoms with van der Waals surface area (Å²) in [6, 6.07) is 0. The number of ether oxygens (including phenoxy) is 1. The van der Waals surface area contributed by atoms with Crippen molar-refractivity contribution >= 4 is 0 Å². The zero-order valence-corrected chi connectivity index (χ0v) is 10.2. The Bertz CT molecular complexity index is 183. The summed E-state index contributed by atoms with van der Waals surface area (Å²) in [4.78, 5) is 0. The summed E-state index contributed by atoms with van der Waals surface area (Å²) in [5, 5.41) is 3.41. The van der Waals surface area contributed by atoms with E-state index in [2.05, 4.69) is 25.2 Å². The highest BCUT2D eigenvalue weighted by Gasteiger charge is 2.14. The van der Waals surface area contributed by atoms with Crippen LogP contribution in [0, 0.1) is 0 Å². The van der Waals surface area contributed by atoms with E-state index in [1.54, 1.807) is 0 Å². The molecule has 1 heterocycles. The van der Waals surface area contributed by atoms with Crippen molar-refractivity contribution in [1.82, 2.24) is 5.32 Å². The Kier molecular flexibility index (Phi) is 6.69. The SMILES string of the molecule is CCCNCCC=C(C)CC1CCCO1. The lowest BCUT2D eigenvalue weighted by Crippen LogP contribution is -2.15. The average molecular weight is 211 g/mol. The van der Waals surface area contributed by atoms with Crippen LogP contribution >= 0.6 is 0 Å². The molecule has 0 aromatic heterocycles. The lowest BCUT2D eigenvalue weighted by Gasteiger charge is -2.09. The Morgan fingerprint density at radius 3 is 3.00 bits per heavy atom. The first-order valence-electron chi connectivity index (χ1n) is 6.31. The van der Waals surface area contributed by atoms with Crippen molar-refractivity contribution in [3.63, 3.8) is 0 Å². The van der Waals surface area contributed by atoms with E-state index in [-0.39, 0.29) is 0 Å². The van der Waals surface area contributed by atoms with Crippen LogP contribution in [0.5, 0.6) is 0 Å². The molecule has 15 heavy (non-hydrogen) atoms. The summed E-state index contributed by atoms with van der Waals surface area (Å²) in [6.07, 6.45) is 8.86. The van der Waals surface area contributed by atoms with Gasteiger partial charge in [0.1, 0.15) is 0 Å². The molecule has 1 unspecified atom stereocenters. The third-order valence-corrected chi connectivity index (χ3v) is 2.81. The van der Waals surface area contributed by atoms with E-state index in [4.69, 9.17) is 4.74 Å². The van der Waals surface area contributed by atoms with Crippen LogP contribution in [-0.2, 0) is 4.74 Å². The molecule has 0 aromatic rings. The molecule has 2 nitrogen and oxygen atoms in total. The summed E-state index contributed by atoms with van der Waals surface area (Å²) >= 11 is 0. The maximum atomic E-state index is 5.61. The molecule has 88 valence electrons. The highest BCUT2D eigenvalue weighted by atomic mass is 16.5. The van der Waals surface area contributed by atoms with Crippen LogP contribution < -0.4 is 5.32 Å². The maximum Gasteiger partial charge on any atom is 0.0612 e. The lowest BCUT2D eigenvalue weighted by atomic mass is 10.1. The second-order valence-corrected chi connectivity index (χ2v) is 4.43. The number of nitrogens with one attached hydrogen (secondary N) is 1. The fourth-order valence-electron chi connectivity index (χ4n) is 1.97. The molecule has 1 aliphatic heterocycles. The van der Waals surface area contributed by atoms with Gasteiger partial charge >= 0.3 is 0 Å². The van der Waals surface area contributed by atoms with Crippen LogP contribution in [0.15, 0.2) is 11.6 Å². The molecule has 1 saturated heterocycles. The van der Waals surface area contributed by atoms with Gasteiger partial charge in [-0.05, 0) is 52.1 Å². The molecule has 1 aliphatic rings. The zero-order chi connectivity index (χ0) is 10.9. The first-order valence-corrected chi connectivity index (χ1v) is 6.31. The van der Waals surface area contributed by atoms with Gasteiger partial charge in [-0.2, -0.15) is 0 Å². The van der Waals surface area contributed by atoms with Gasteiger partial charge in [0.15, 0.2) is 0 Å². The van der Waals surface area contributed by atoms with E-state index >= 15 is 0 Å². The standard InChI is InChI=1S/C13H25NO/c1-3-8-14-9-4-6-12(2)11-13-7-5-10-15-13/h6,13-14H,3-5,7-11H2,1-2H3. The maximum absolute atomic E-state index is 5.61. The summed E-state index contributed by atoms with van der Waals surface area (Å²) in [7, 11) is 0. The van der Waals surface area contributed by atoms with Crippen LogP contribution in [0.1, 0.15) is 46.0 Å². The quantitative estimate of drug-likeness (QED) is 0.516. The van der Waals surface area contributed by atoms with Gasteiger partial charge < -0.3 is 10.1 Å². The summed E-state index contributed by atoms with van der Waals surface area (Å²) in [5.41, 5.74) is 1.49. The molecule has 0 spiro atoms. The van der Waals surface area contributed by atoms with Crippen LogP contribution in [0.3, 0.4) is 0 Å². The Hall–Kier alpha value is -0.340. The first-order chi connectivity index (χ1) is 7.33. The molecule has 0 aromatic carbocycles. The fraction of sp³-hybridized carbons (Fsp3) is 0.846. The van der Waals surface area contributed by atoms with E-state index < -0.39 is 0 Å². The second kappa shape index (κ2) is 7.89. The van der Waals surface area contributed by atoms with Crippen LogP contribution in [0.2, 0.25) is 0 Å². The highest BCUT2D eigenvalue weighted by Crippen LogP contribution is 2.19. The van der Waals surface area contributed by atoms with Crippen molar-refractivity contribution in [3.05, 3.63) is 11.6 Å². The molecule has 0 aliphatic carbocycles. The summed E-state index contributed by atoms with van der Waals surface area (Å²) in [5.74, 6) is 0. The first kappa shape index (κ1) is 12.7. The molecular weight excluding hydrogens is 186 g/mol. The largest absolute Gasteiger partial charge is 0.378 e. The van der Waals surface area contributed by atoms with E-state index in [9.17, 15) is 0 Å². The van der Waals surface area contributed by atoms with Crippen LogP contribution in [-0.4, -0.2) is 25.8 Å². The average Bonchev–Trinajstić information content (AvgIpc) is 2.70.